The summed E-state index contributed by atoms with van der Waals surface area (Å²) in [4.78, 5) is 12.9. The van der Waals surface area contributed by atoms with Crippen molar-refractivity contribution in [1.82, 2.24) is 0 Å². The van der Waals surface area contributed by atoms with E-state index in [2.05, 4.69) is 21.2 Å². The topological polar surface area (TPSA) is 29.1 Å². The molecule has 0 spiro atoms. The lowest BCUT2D eigenvalue weighted by Crippen LogP contribution is -2.14. The quantitative estimate of drug-likeness (QED) is 0.463. The van der Waals surface area contributed by atoms with Crippen LogP contribution < -0.4 is 5.32 Å². The number of anilines is 1. The second-order valence-electron chi connectivity index (χ2n) is 5.27. The van der Waals surface area contributed by atoms with E-state index in [9.17, 15) is 4.79 Å². The van der Waals surface area contributed by atoms with Crippen LogP contribution in [0.2, 0.25) is 0 Å². The molecule has 0 aliphatic carbocycles. The maximum atomic E-state index is 12.9. The summed E-state index contributed by atoms with van der Waals surface area (Å²) < 4.78 is 0.852. The Morgan fingerprint density at radius 1 is 0.792 bits per heavy atom. The zero-order valence-corrected chi connectivity index (χ0v) is 14.5. The molecule has 0 radical (unpaired) electrons. The van der Waals surface area contributed by atoms with Gasteiger partial charge in [-0.25, -0.2) is 0 Å². The minimum atomic E-state index is -0.142. The second-order valence-corrected chi connectivity index (χ2v) is 6.12. The predicted molar refractivity (Wildman–Crippen MR) is 104 cm³/mol. The lowest BCUT2D eigenvalue weighted by atomic mass is 10.0. The molecule has 1 amide bonds. The average Bonchev–Trinajstić information content (AvgIpc) is 2.63. The summed E-state index contributed by atoms with van der Waals surface area (Å²) in [5, 5.41) is 2.97. The van der Waals surface area contributed by atoms with Gasteiger partial charge in [-0.15, -0.1) is 0 Å². The van der Waals surface area contributed by atoms with Gasteiger partial charge in [0.05, 0.1) is 5.69 Å². The first kappa shape index (κ1) is 16.2. The lowest BCUT2D eigenvalue weighted by Gasteiger charge is -2.11. The predicted octanol–water partition coefficient (Wildman–Crippen LogP) is 5.63. The van der Waals surface area contributed by atoms with E-state index in [1.54, 1.807) is 0 Å². The smallest absolute Gasteiger partial charge is 0.256 e. The Kier molecular flexibility index (Phi) is 5.24. The normalized spacial score (nSPS) is 11.1. The number of rotatable bonds is 4. The van der Waals surface area contributed by atoms with Gasteiger partial charge in [-0.3, -0.25) is 4.79 Å². The lowest BCUT2D eigenvalue weighted by molar-refractivity contribution is -0.111. The van der Waals surface area contributed by atoms with E-state index in [0.29, 0.717) is 5.57 Å². The SMILES string of the molecule is O=C(Nc1ccccc1Br)C(=Cc1ccccc1)c1ccccc1. The van der Waals surface area contributed by atoms with Crippen molar-refractivity contribution in [3.63, 3.8) is 0 Å². The fourth-order valence-corrected chi connectivity index (χ4v) is 2.75. The van der Waals surface area contributed by atoms with Crippen LogP contribution in [0.25, 0.3) is 11.6 Å². The number of nitrogens with one attached hydrogen (secondary N) is 1. The van der Waals surface area contributed by atoms with Gasteiger partial charge in [0.1, 0.15) is 0 Å². The number of carbonyl (C=O) groups is 1. The van der Waals surface area contributed by atoms with Crippen LogP contribution in [-0.2, 0) is 4.79 Å². The standard InChI is InChI=1S/C21H16BrNO/c22-19-13-7-8-14-20(19)23-21(24)18(17-11-5-2-6-12-17)15-16-9-3-1-4-10-16/h1-15H,(H,23,24). The van der Waals surface area contributed by atoms with Gasteiger partial charge in [-0.2, -0.15) is 0 Å². The third-order valence-electron chi connectivity index (χ3n) is 3.56. The molecule has 3 aromatic rings. The summed E-state index contributed by atoms with van der Waals surface area (Å²) in [5.74, 6) is -0.142. The fraction of sp³-hybridized carbons (Fsp3) is 0. The molecule has 3 rings (SSSR count). The molecular weight excluding hydrogens is 362 g/mol. The minimum Gasteiger partial charge on any atom is -0.321 e. The summed E-state index contributed by atoms with van der Waals surface area (Å²) in [6, 6.07) is 27.1. The van der Waals surface area contributed by atoms with Gasteiger partial charge in [0.15, 0.2) is 0 Å². The summed E-state index contributed by atoms with van der Waals surface area (Å²) in [6.07, 6.45) is 1.90. The van der Waals surface area contributed by atoms with Crippen LogP contribution in [0.3, 0.4) is 0 Å². The minimum absolute atomic E-state index is 0.142. The zero-order chi connectivity index (χ0) is 16.8. The highest BCUT2D eigenvalue weighted by Gasteiger charge is 2.13. The van der Waals surface area contributed by atoms with E-state index in [1.165, 1.54) is 0 Å². The third kappa shape index (κ3) is 4.00. The van der Waals surface area contributed by atoms with Gasteiger partial charge in [-0.05, 0) is 45.3 Å². The zero-order valence-electron chi connectivity index (χ0n) is 12.9. The van der Waals surface area contributed by atoms with E-state index in [-0.39, 0.29) is 5.91 Å². The maximum absolute atomic E-state index is 12.9. The maximum Gasteiger partial charge on any atom is 0.256 e. The van der Waals surface area contributed by atoms with Crippen LogP contribution >= 0.6 is 15.9 Å². The first-order chi connectivity index (χ1) is 11.7. The Morgan fingerprint density at radius 3 is 2.04 bits per heavy atom. The van der Waals surface area contributed by atoms with Gasteiger partial charge >= 0.3 is 0 Å². The molecule has 24 heavy (non-hydrogen) atoms. The molecule has 0 aliphatic heterocycles. The molecular formula is C21H16BrNO. The number of para-hydroxylation sites is 1. The van der Waals surface area contributed by atoms with Gasteiger partial charge in [0.25, 0.3) is 5.91 Å². The van der Waals surface area contributed by atoms with Crippen LogP contribution in [-0.4, -0.2) is 5.91 Å². The van der Waals surface area contributed by atoms with Crippen molar-refractivity contribution in [3.05, 3.63) is 101 Å². The Hall–Kier alpha value is -2.65. The van der Waals surface area contributed by atoms with Crippen molar-refractivity contribution in [1.29, 1.82) is 0 Å². The molecule has 2 nitrogen and oxygen atoms in total. The third-order valence-corrected chi connectivity index (χ3v) is 4.25. The van der Waals surface area contributed by atoms with Crippen LogP contribution in [0.15, 0.2) is 89.4 Å². The van der Waals surface area contributed by atoms with Crippen LogP contribution in [0.1, 0.15) is 11.1 Å². The molecule has 0 aliphatic rings. The monoisotopic (exact) mass is 377 g/mol. The van der Waals surface area contributed by atoms with Gasteiger partial charge in [-0.1, -0.05) is 72.8 Å². The second kappa shape index (κ2) is 7.75. The molecule has 3 heteroatoms. The summed E-state index contributed by atoms with van der Waals surface area (Å²) in [5.41, 5.74) is 3.24. The molecule has 1 N–H and O–H groups in total. The van der Waals surface area contributed by atoms with Crippen molar-refractivity contribution < 1.29 is 4.79 Å². The number of hydrogen-bond acceptors (Lipinski definition) is 1. The highest BCUT2D eigenvalue weighted by molar-refractivity contribution is 9.10. The molecule has 0 unspecified atom stereocenters. The number of amides is 1. The fourth-order valence-electron chi connectivity index (χ4n) is 2.37. The summed E-state index contributed by atoms with van der Waals surface area (Å²) in [7, 11) is 0. The largest absolute Gasteiger partial charge is 0.321 e. The van der Waals surface area contributed by atoms with Gasteiger partial charge in [0.2, 0.25) is 0 Å². The number of hydrogen-bond donors (Lipinski definition) is 1. The highest BCUT2D eigenvalue weighted by atomic mass is 79.9. The molecule has 0 atom stereocenters. The molecule has 0 bridgehead atoms. The number of halogens is 1. The molecule has 0 saturated carbocycles. The van der Waals surface area contributed by atoms with E-state index in [1.807, 2.05) is 91.0 Å². The van der Waals surface area contributed by atoms with Crippen LogP contribution in [0.5, 0.6) is 0 Å². The van der Waals surface area contributed by atoms with E-state index in [4.69, 9.17) is 0 Å². The van der Waals surface area contributed by atoms with Crippen molar-refractivity contribution in [3.8, 4) is 0 Å². The molecule has 0 fully saturated rings. The van der Waals surface area contributed by atoms with Crippen molar-refractivity contribution in [2.75, 3.05) is 5.32 Å². The Labute approximate surface area is 150 Å². The van der Waals surface area contributed by atoms with Gasteiger partial charge in [0, 0.05) is 10.0 Å². The summed E-state index contributed by atoms with van der Waals surface area (Å²) in [6.45, 7) is 0. The van der Waals surface area contributed by atoms with Crippen molar-refractivity contribution in [2.24, 2.45) is 0 Å². The molecule has 0 heterocycles. The number of benzene rings is 3. The molecule has 3 aromatic carbocycles. The Balaban J connectivity index is 1.97. The summed E-state index contributed by atoms with van der Waals surface area (Å²) >= 11 is 3.46. The first-order valence-corrected chi connectivity index (χ1v) is 8.41. The van der Waals surface area contributed by atoms with Crippen LogP contribution in [0.4, 0.5) is 5.69 Å². The van der Waals surface area contributed by atoms with Crippen LogP contribution in [0, 0.1) is 0 Å². The highest BCUT2D eigenvalue weighted by Crippen LogP contribution is 2.25. The Morgan fingerprint density at radius 2 is 1.38 bits per heavy atom. The van der Waals surface area contributed by atoms with Gasteiger partial charge < -0.3 is 5.32 Å². The van der Waals surface area contributed by atoms with E-state index >= 15 is 0 Å². The number of carbonyl (C=O) groups excluding carboxylic acids is 1. The Bertz CT molecular complexity index is 857. The van der Waals surface area contributed by atoms with E-state index < -0.39 is 0 Å². The van der Waals surface area contributed by atoms with E-state index in [0.717, 1.165) is 21.3 Å². The van der Waals surface area contributed by atoms with Crippen molar-refractivity contribution in [2.45, 2.75) is 0 Å². The molecule has 118 valence electrons. The average molecular weight is 378 g/mol. The molecule has 0 aromatic heterocycles. The van der Waals surface area contributed by atoms with Crippen molar-refractivity contribution >= 4 is 39.2 Å². The first-order valence-electron chi connectivity index (χ1n) is 7.62. The molecule has 0 saturated heterocycles.